The van der Waals surface area contributed by atoms with Crippen LogP contribution in [-0.4, -0.2) is 0 Å². The van der Waals surface area contributed by atoms with E-state index >= 15 is 0 Å². The van der Waals surface area contributed by atoms with Gasteiger partial charge in [0.25, 0.3) is 0 Å². The van der Waals surface area contributed by atoms with Crippen molar-refractivity contribution in [3.05, 3.63) is 581 Å². The number of benzene rings is 24. The van der Waals surface area contributed by atoms with Crippen molar-refractivity contribution in [2.24, 2.45) is 0 Å². The first-order valence-corrected chi connectivity index (χ1v) is 51.3. The molecule has 708 valence electrons. The van der Waals surface area contributed by atoms with E-state index in [4.69, 9.17) is 0 Å². The second kappa shape index (κ2) is 41.1. The van der Waals surface area contributed by atoms with Crippen molar-refractivity contribution >= 4 is 111 Å². The first-order chi connectivity index (χ1) is 72.7. The molecule has 0 aliphatic carbocycles. The summed E-state index contributed by atoms with van der Waals surface area (Å²) >= 11 is 0. The van der Waals surface area contributed by atoms with Crippen molar-refractivity contribution in [1.29, 1.82) is 0 Å². The Bertz CT molecular complexity index is 8280. The summed E-state index contributed by atoms with van der Waals surface area (Å²) in [5.41, 5.74) is 39.4. The number of nitrogens with zero attached hydrogens (tertiary/aromatic N) is 4. The minimum atomic E-state index is 0.0341. The molecule has 0 aromatic heterocycles. The van der Waals surface area contributed by atoms with E-state index in [2.05, 4.69) is 631 Å². The third-order valence-corrected chi connectivity index (χ3v) is 28.7. The topological polar surface area (TPSA) is 13.0 Å². The highest BCUT2D eigenvalue weighted by Crippen LogP contribution is 2.54. The lowest BCUT2D eigenvalue weighted by Crippen LogP contribution is -2.13. The largest absolute Gasteiger partial charge is 0.310 e. The molecule has 0 fully saturated rings. The Morgan fingerprint density at radius 2 is 0.257 bits per heavy atom. The van der Waals surface area contributed by atoms with Gasteiger partial charge in [0.05, 0.1) is 0 Å². The fraction of sp³-hybridized carbons (Fsp3) is 0.0556. The van der Waals surface area contributed by atoms with Gasteiger partial charge in [-0.1, -0.05) is 442 Å². The van der Waals surface area contributed by atoms with Gasteiger partial charge in [0, 0.05) is 68.2 Å². The van der Waals surface area contributed by atoms with Crippen LogP contribution in [0.5, 0.6) is 0 Å². The van der Waals surface area contributed by atoms with Gasteiger partial charge in [0.2, 0.25) is 0 Å². The van der Waals surface area contributed by atoms with Crippen molar-refractivity contribution in [1.82, 2.24) is 0 Å². The lowest BCUT2D eigenvalue weighted by atomic mass is 9.84. The minimum absolute atomic E-state index is 0.0341. The van der Waals surface area contributed by atoms with Gasteiger partial charge < -0.3 is 19.6 Å². The molecule has 0 N–H and O–H groups in total. The first-order valence-electron chi connectivity index (χ1n) is 51.3. The molecular weight excluding hydrogens is 1790 g/mol. The molecule has 0 saturated carbocycles. The molecule has 0 heterocycles. The van der Waals surface area contributed by atoms with Gasteiger partial charge >= 0.3 is 0 Å². The van der Waals surface area contributed by atoms with Crippen LogP contribution < -0.4 is 19.6 Å². The minimum Gasteiger partial charge on any atom is -0.310 e. The fourth-order valence-corrected chi connectivity index (χ4v) is 21.3. The van der Waals surface area contributed by atoms with Gasteiger partial charge in [0.1, 0.15) is 0 Å². The SMILES string of the molecule is CC(C)(C)c1ccc(N(c2ccccc2)c2ccc3c(-c4cccc(-c5ccccc5)c4)c4cc(N(c5ccccc5)c5ccc(C(C)(C)C)cc5)ccc4c(-c4cccc(-c5ccccc5)c4)c3c2)cc1.c1ccc(-c2ccc(N(c3ccccc3)c3ccc4c(-c5cccc(-c6ccccc6)c5)c5cc(N(c6ccccc6)c6ccc(-c7ccccc7)cc6)ccc5c(-c5cccc(-c6ccccc6)c5)c4c3)cc2)cc1. The van der Waals surface area contributed by atoms with Gasteiger partial charge in [-0.15, -0.1) is 0 Å². The zero-order valence-electron chi connectivity index (χ0n) is 84.1. The molecule has 0 spiro atoms. The second-order valence-corrected chi connectivity index (χ2v) is 40.3. The molecule has 4 nitrogen and oxygen atoms in total. The Kier molecular flexibility index (Phi) is 25.9. The molecule has 0 bridgehead atoms. The smallest absolute Gasteiger partial charge is 0.0468 e. The van der Waals surface area contributed by atoms with Crippen LogP contribution in [0.25, 0.3) is 154 Å². The van der Waals surface area contributed by atoms with Crippen molar-refractivity contribution < 1.29 is 0 Å². The lowest BCUT2D eigenvalue weighted by molar-refractivity contribution is 0.590. The molecule has 0 atom stereocenters. The van der Waals surface area contributed by atoms with Crippen LogP contribution in [0.1, 0.15) is 52.7 Å². The van der Waals surface area contributed by atoms with Gasteiger partial charge in [-0.05, 0) is 346 Å². The van der Waals surface area contributed by atoms with E-state index in [0.29, 0.717) is 0 Å². The van der Waals surface area contributed by atoms with Crippen LogP contribution in [0.4, 0.5) is 68.2 Å². The molecular formula is C144H112N4. The van der Waals surface area contributed by atoms with Crippen LogP contribution in [0, 0.1) is 0 Å². The Morgan fingerprint density at radius 1 is 0.108 bits per heavy atom. The highest BCUT2D eigenvalue weighted by molar-refractivity contribution is 6.25. The van der Waals surface area contributed by atoms with E-state index in [9.17, 15) is 0 Å². The third-order valence-electron chi connectivity index (χ3n) is 28.7. The highest BCUT2D eigenvalue weighted by Gasteiger charge is 2.29. The van der Waals surface area contributed by atoms with Gasteiger partial charge in [-0.2, -0.15) is 0 Å². The average Bonchev–Trinajstić information content (AvgIpc) is 0.722. The Balaban J connectivity index is 0.000000163. The number of hydrogen-bond donors (Lipinski definition) is 0. The molecule has 148 heavy (non-hydrogen) atoms. The second-order valence-electron chi connectivity index (χ2n) is 40.3. The van der Waals surface area contributed by atoms with Crippen molar-refractivity contribution in [3.63, 3.8) is 0 Å². The summed E-state index contributed by atoms with van der Waals surface area (Å²) in [5.74, 6) is 0. The predicted octanol–water partition coefficient (Wildman–Crippen LogP) is 41.1. The maximum atomic E-state index is 2.44. The van der Waals surface area contributed by atoms with Crippen LogP contribution in [0.15, 0.2) is 570 Å². The molecule has 0 unspecified atom stereocenters. The predicted molar refractivity (Wildman–Crippen MR) is 633 cm³/mol. The van der Waals surface area contributed by atoms with Crippen molar-refractivity contribution in [3.8, 4) is 111 Å². The highest BCUT2D eigenvalue weighted by atomic mass is 15.2. The van der Waals surface area contributed by atoms with Crippen LogP contribution in [0.3, 0.4) is 0 Å². The van der Waals surface area contributed by atoms with Crippen molar-refractivity contribution in [2.75, 3.05) is 19.6 Å². The van der Waals surface area contributed by atoms with Crippen LogP contribution >= 0.6 is 0 Å². The summed E-state index contributed by atoms with van der Waals surface area (Å²) in [6.45, 7) is 13.7. The van der Waals surface area contributed by atoms with Gasteiger partial charge in [-0.25, -0.2) is 0 Å². The quantitative estimate of drug-likeness (QED) is 0.0627. The summed E-state index contributed by atoms with van der Waals surface area (Å²) in [4.78, 5) is 9.59. The van der Waals surface area contributed by atoms with Gasteiger partial charge in [-0.3, -0.25) is 0 Å². The number of fused-ring (bicyclic) bond motifs is 4. The standard InChI is InChI=1S/C74H52N2.C70H60N2/c1-7-21-53(22-8-1)57-37-41-65(42-38-57)75(63-33-15-5-16-34-63)67-45-47-69-71(51-67)73(61-31-19-29-59(49-61)55-25-11-3-12-26-55)70-48-46-68(52-72(70)74(69)62-32-20-30-60(50-62)56-27-13-4-14-28-56)76(64-35-17-6-18-36-64)66-43-39-58(40-44-66)54-23-9-2-10-24-54;1-69(2,3)55-33-37-59(38-34-55)71(57-29-15-9-16-30-57)61-41-43-63-65(47-61)67(53-27-19-25-51(45-53)49-21-11-7-12-22-49)64-44-42-62(48-66(64)68(63)54-28-20-26-52(46-54)50-23-13-8-14-24-50)72(58-31-17-10-18-32-58)60-39-35-56(36-40-60)70(4,5)6/h1-52H;7-48H,1-6H3. The third kappa shape index (κ3) is 19.3. The molecule has 4 heteroatoms. The number of hydrogen-bond acceptors (Lipinski definition) is 4. The maximum absolute atomic E-state index is 2.44. The summed E-state index contributed by atoms with van der Waals surface area (Å²) in [6, 6.07) is 208. The monoisotopic (exact) mass is 1900 g/mol. The summed E-state index contributed by atoms with van der Waals surface area (Å²) in [7, 11) is 0. The van der Waals surface area contributed by atoms with E-state index in [1.165, 1.54) is 154 Å². The lowest BCUT2D eigenvalue weighted by Gasteiger charge is -2.29. The van der Waals surface area contributed by atoms with E-state index in [0.717, 1.165) is 79.4 Å². The van der Waals surface area contributed by atoms with E-state index in [1.54, 1.807) is 0 Å². The number of rotatable bonds is 22. The summed E-state index contributed by atoms with van der Waals surface area (Å²) in [6.07, 6.45) is 0. The van der Waals surface area contributed by atoms with E-state index in [-0.39, 0.29) is 10.8 Å². The first kappa shape index (κ1) is 93.2. The molecule has 0 radical (unpaired) electrons. The maximum Gasteiger partial charge on any atom is 0.0468 e. The normalized spacial score (nSPS) is 11.4. The molecule has 0 aliphatic heterocycles. The molecule has 24 aromatic rings. The van der Waals surface area contributed by atoms with E-state index in [1.807, 2.05) is 0 Å². The molecule has 24 aromatic carbocycles. The van der Waals surface area contributed by atoms with Crippen molar-refractivity contribution in [2.45, 2.75) is 52.4 Å². The summed E-state index contributed by atoms with van der Waals surface area (Å²) < 4.78 is 0. The molecule has 0 saturated heterocycles. The van der Waals surface area contributed by atoms with Gasteiger partial charge in [0.15, 0.2) is 0 Å². The summed E-state index contributed by atoms with van der Waals surface area (Å²) in [5, 5.41) is 9.42. The molecule has 0 amide bonds. The fourth-order valence-electron chi connectivity index (χ4n) is 21.3. The Morgan fingerprint density at radius 3 is 0.453 bits per heavy atom. The Labute approximate surface area is 869 Å². The number of anilines is 12. The number of para-hydroxylation sites is 4. The molecule has 24 rings (SSSR count). The molecule has 0 aliphatic rings. The Hall–Kier alpha value is -18.5. The zero-order valence-corrected chi connectivity index (χ0v) is 84.1. The van der Waals surface area contributed by atoms with E-state index < -0.39 is 0 Å². The zero-order chi connectivity index (χ0) is 100. The van der Waals surface area contributed by atoms with Crippen LogP contribution in [0.2, 0.25) is 0 Å². The average molecular weight is 1900 g/mol. The van der Waals surface area contributed by atoms with Crippen LogP contribution in [-0.2, 0) is 10.8 Å².